The fourth-order valence-corrected chi connectivity index (χ4v) is 2.26. The molecule has 2 aromatic rings. The number of alkyl halides is 1. The molecule has 2 rings (SSSR count). The number of thioether (sulfide) groups is 1. The van der Waals surface area contributed by atoms with Crippen LogP contribution in [0.5, 0.6) is 0 Å². The van der Waals surface area contributed by atoms with Crippen molar-refractivity contribution in [3.63, 3.8) is 0 Å². The van der Waals surface area contributed by atoms with Gasteiger partial charge in [-0.1, -0.05) is 0 Å². The zero-order valence-corrected chi connectivity index (χ0v) is 10.5. The van der Waals surface area contributed by atoms with Gasteiger partial charge in [0.05, 0.1) is 16.9 Å². The second-order valence-corrected chi connectivity index (χ2v) is 4.69. The molecule has 0 saturated carbocycles. The van der Waals surface area contributed by atoms with Crippen molar-refractivity contribution in [1.82, 2.24) is 9.55 Å². The van der Waals surface area contributed by atoms with Gasteiger partial charge in [-0.2, -0.15) is 11.8 Å². The quantitative estimate of drug-likeness (QED) is 0.784. The standard InChI is InChI=1S/C11H12ClFN2S/c1-16-5-4-15-10-3-2-8(13)6-9(10)14-11(15)7-12/h2-3,6H,4-5,7H2,1H3. The molecule has 1 aromatic heterocycles. The molecule has 0 spiro atoms. The Balaban J connectivity index is 2.50. The molecule has 16 heavy (non-hydrogen) atoms. The molecule has 86 valence electrons. The van der Waals surface area contributed by atoms with E-state index in [1.807, 2.05) is 0 Å². The molecule has 0 aliphatic heterocycles. The van der Waals surface area contributed by atoms with Gasteiger partial charge < -0.3 is 4.57 Å². The first-order valence-corrected chi connectivity index (χ1v) is 6.88. The molecule has 0 N–H and O–H groups in total. The second kappa shape index (κ2) is 5.06. The molecule has 0 aliphatic rings. The summed E-state index contributed by atoms with van der Waals surface area (Å²) in [5.41, 5.74) is 1.63. The summed E-state index contributed by atoms with van der Waals surface area (Å²) in [5, 5.41) is 0. The molecule has 5 heteroatoms. The van der Waals surface area contributed by atoms with Gasteiger partial charge in [-0.05, 0) is 18.4 Å². The number of fused-ring (bicyclic) bond motifs is 1. The van der Waals surface area contributed by atoms with Crippen LogP contribution in [0.15, 0.2) is 18.2 Å². The lowest BCUT2D eigenvalue weighted by Crippen LogP contribution is -2.04. The van der Waals surface area contributed by atoms with Crippen molar-refractivity contribution >= 4 is 34.4 Å². The number of rotatable bonds is 4. The Morgan fingerprint density at radius 3 is 3.00 bits per heavy atom. The van der Waals surface area contributed by atoms with Crippen molar-refractivity contribution in [2.45, 2.75) is 12.4 Å². The van der Waals surface area contributed by atoms with Crippen LogP contribution in [0.3, 0.4) is 0 Å². The zero-order valence-electron chi connectivity index (χ0n) is 8.91. The molecule has 2 nitrogen and oxygen atoms in total. The Bertz CT molecular complexity index is 498. The van der Waals surface area contributed by atoms with E-state index in [0.717, 1.165) is 23.6 Å². The first-order valence-electron chi connectivity index (χ1n) is 4.96. The Kier molecular flexibility index (Phi) is 3.71. The Hall–Kier alpha value is -0.740. The minimum atomic E-state index is -0.261. The molecule has 0 amide bonds. The van der Waals surface area contributed by atoms with Gasteiger partial charge in [-0.25, -0.2) is 9.37 Å². The van der Waals surface area contributed by atoms with Gasteiger partial charge in [0.15, 0.2) is 0 Å². The molecule has 0 atom stereocenters. The van der Waals surface area contributed by atoms with Crippen molar-refractivity contribution in [2.24, 2.45) is 0 Å². The molecule has 1 aromatic carbocycles. The minimum absolute atomic E-state index is 0.261. The van der Waals surface area contributed by atoms with E-state index in [9.17, 15) is 4.39 Å². The van der Waals surface area contributed by atoms with Crippen molar-refractivity contribution < 1.29 is 4.39 Å². The smallest absolute Gasteiger partial charge is 0.125 e. The number of imidazole rings is 1. The van der Waals surface area contributed by atoms with E-state index in [2.05, 4.69) is 15.8 Å². The highest BCUT2D eigenvalue weighted by atomic mass is 35.5. The second-order valence-electron chi connectivity index (χ2n) is 3.44. The van der Waals surface area contributed by atoms with Crippen LogP contribution < -0.4 is 0 Å². The monoisotopic (exact) mass is 258 g/mol. The Morgan fingerprint density at radius 2 is 2.31 bits per heavy atom. The summed E-state index contributed by atoms with van der Waals surface area (Å²) in [4.78, 5) is 4.33. The number of hydrogen-bond donors (Lipinski definition) is 0. The van der Waals surface area contributed by atoms with Gasteiger partial charge in [0.1, 0.15) is 11.6 Å². The van der Waals surface area contributed by atoms with Crippen LogP contribution in [0.2, 0.25) is 0 Å². The highest BCUT2D eigenvalue weighted by Gasteiger charge is 2.09. The summed E-state index contributed by atoms with van der Waals surface area (Å²) in [5.74, 6) is 1.89. The van der Waals surface area contributed by atoms with Crippen LogP contribution in [0.1, 0.15) is 5.82 Å². The van der Waals surface area contributed by atoms with E-state index in [1.165, 1.54) is 12.1 Å². The number of halogens is 2. The molecule has 1 heterocycles. The number of hydrogen-bond acceptors (Lipinski definition) is 2. The molecule has 0 unspecified atom stereocenters. The van der Waals surface area contributed by atoms with Crippen LogP contribution in [0.4, 0.5) is 4.39 Å². The molecular weight excluding hydrogens is 247 g/mol. The lowest BCUT2D eigenvalue weighted by molar-refractivity contribution is 0.629. The molecule has 0 bridgehead atoms. The summed E-state index contributed by atoms with van der Waals surface area (Å²) < 4.78 is 15.1. The summed E-state index contributed by atoms with van der Waals surface area (Å²) in [6.07, 6.45) is 2.05. The van der Waals surface area contributed by atoms with Crippen molar-refractivity contribution in [3.8, 4) is 0 Å². The van der Waals surface area contributed by atoms with Crippen LogP contribution in [0.25, 0.3) is 11.0 Å². The van der Waals surface area contributed by atoms with Crippen LogP contribution in [0, 0.1) is 5.82 Å². The Labute approximate surface area is 103 Å². The third kappa shape index (κ3) is 2.18. The maximum absolute atomic E-state index is 13.0. The number of aromatic nitrogens is 2. The first kappa shape index (κ1) is 11.7. The molecule has 0 fully saturated rings. The largest absolute Gasteiger partial charge is 0.326 e. The fraction of sp³-hybridized carbons (Fsp3) is 0.364. The average Bonchev–Trinajstić information content (AvgIpc) is 2.63. The van der Waals surface area contributed by atoms with Crippen LogP contribution in [-0.2, 0) is 12.4 Å². The van der Waals surface area contributed by atoms with E-state index in [0.29, 0.717) is 11.4 Å². The van der Waals surface area contributed by atoms with E-state index in [1.54, 1.807) is 17.8 Å². The lowest BCUT2D eigenvalue weighted by atomic mass is 10.3. The maximum Gasteiger partial charge on any atom is 0.125 e. The van der Waals surface area contributed by atoms with Crippen molar-refractivity contribution in [1.29, 1.82) is 0 Å². The van der Waals surface area contributed by atoms with E-state index < -0.39 is 0 Å². The lowest BCUT2D eigenvalue weighted by Gasteiger charge is -2.05. The molecule has 0 radical (unpaired) electrons. The summed E-state index contributed by atoms with van der Waals surface area (Å²) in [6, 6.07) is 4.66. The average molecular weight is 259 g/mol. The fourth-order valence-electron chi connectivity index (χ4n) is 1.69. The molecular formula is C11H12ClFN2S. The topological polar surface area (TPSA) is 17.8 Å². The SMILES string of the molecule is CSCCn1c(CCl)nc2cc(F)ccc21. The number of benzene rings is 1. The van der Waals surface area contributed by atoms with Gasteiger partial charge in [0.25, 0.3) is 0 Å². The van der Waals surface area contributed by atoms with Crippen molar-refractivity contribution in [3.05, 3.63) is 29.8 Å². The van der Waals surface area contributed by atoms with E-state index in [-0.39, 0.29) is 5.82 Å². The Morgan fingerprint density at radius 1 is 1.50 bits per heavy atom. The molecule has 0 saturated heterocycles. The highest BCUT2D eigenvalue weighted by molar-refractivity contribution is 7.98. The number of nitrogens with zero attached hydrogens (tertiary/aromatic N) is 2. The zero-order chi connectivity index (χ0) is 11.5. The predicted octanol–water partition coefficient (Wildman–Crippen LogP) is 3.28. The number of aryl methyl sites for hydroxylation is 1. The van der Waals surface area contributed by atoms with Gasteiger partial charge >= 0.3 is 0 Å². The summed E-state index contributed by atoms with van der Waals surface area (Å²) >= 11 is 7.60. The summed E-state index contributed by atoms with van der Waals surface area (Å²) in [7, 11) is 0. The highest BCUT2D eigenvalue weighted by Crippen LogP contribution is 2.19. The third-order valence-electron chi connectivity index (χ3n) is 2.43. The van der Waals surface area contributed by atoms with Gasteiger partial charge in [0, 0.05) is 18.4 Å². The molecule has 0 aliphatic carbocycles. The minimum Gasteiger partial charge on any atom is -0.326 e. The normalized spacial score (nSPS) is 11.2. The first-order chi connectivity index (χ1) is 7.76. The summed E-state index contributed by atoms with van der Waals surface area (Å²) in [6.45, 7) is 0.853. The van der Waals surface area contributed by atoms with Crippen molar-refractivity contribution in [2.75, 3.05) is 12.0 Å². The van der Waals surface area contributed by atoms with Crippen LogP contribution in [-0.4, -0.2) is 21.6 Å². The maximum atomic E-state index is 13.0. The van der Waals surface area contributed by atoms with Gasteiger partial charge in [0.2, 0.25) is 0 Å². The third-order valence-corrected chi connectivity index (χ3v) is 3.26. The van der Waals surface area contributed by atoms with Gasteiger partial charge in [-0.3, -0.25) is 0 Å². The van der Waals surface area contributed by atoms with Crippen LogP contribution >= 0.6 is 23.4 Å². The van der Waals surface area contributed by atoms with E-state index in [4.69, 9.17) is 11.6 Å². The van der Waals surface area contributed by atoms with Gasteiger partial charge in [-0.15, -0.1) is 11.6 Å². The van der Waals surface area contributed by atoms with E-state index >= 15 is 0 Å². The predicted molar refractivity (Wildman–Crippen MR) is 67.6 cm³/mol.